The van der Waals surface area contributed by atoms with Gasteiger partial charge in [0.25, 0.3) is 0 Å². The van der Waals surface area contributed by atoms with E-state index in [0.717, 1.165) is 22.2 Å². The highest BCUT2D eigenvalue weighted by Crippen LogP contribution is 2.30. The summed E-state index contributed by atoms with van der Waals surface area (Å²) in [6, 6.07) is 21.4. The average molecular weight is 493 g/mol. The first-order chi connectivity index (χ1) is 18.1. The van der Waals surface area contributed by atoms with E-state index in [1.807, 2.05) is 41.3 Å². The summed E-state index contributed by atoms with van der Waals surface area (Å²) in [6.07, 6.45) is 4.44. The SMILES string of the molecule is C=CC(=O)Nc1cc(Nc2ncnc(N(Cc3ccccc3)c3ccc4[nH]ncc4c3)n2)ccc1OC. The number of amides is 1. The predicted molar refractivity (Wildman–Crippen MR) is 143 cm³/mol. The van der Waals surface area contributed by atoms with Crippen LogP contribution in [0.25, 0.3) is 10.9 Å². The van der Waals surface area contributed by atoms with Crippen LogP contribution in [0.1, 0.15) is 5.56 Å². The molecular formula is C27H24N8O2. The van der Waals surface area contributed by atoms with Crippen molar-refractivity contribution in [3.63, 3.8) is 0 Å². The van der Waals surface area contributed by atoms with E-state index in [1.54, 1.807) is 24.4 Å². The monoisotopic (exact) mass is 492 g/mol. The summed E-state index contributed by atoms with van der Waals surface area (Å²) in [5.74, 6) is 0.987. The van der Waals surface area contributed by atoms with Crippen LogP contribution in [0.5, 0.6) is 5.75 Å². The molecule has 37 heavy (non-hydrogen) atoms. The van der Waals surface area contributed by atoms with Crippen LogP contribution in [0.15, 0.2) is 91.9 Å². The van der Waals surface area contributed by atoms with Crippen LogP contribution in [0.2, 0.25) is 0 Å². The van der Waals surface area contributed by atoms with Crippen LogP contribution >= 0.6 is 0 Å². The summed E-state index contributed by atoms with van der Waals surface area (Å²) in [7, 11) is 1.53. The molecule has 1 amide bonds. The molecular weight excluding hydrogens is 468 g/mol. The topological polar surface area (TPSA) is 121 Å². The van der Waals surface area contributed by atoms with Gasteiger partial charge in [-0.25, -0.2) is 9.97 Å². The summed E-state index contributed by atoms with van der Waals surface area (Å²) in [6.45, 7) is 4.04. The van der Waals surface area contributed by atoms with E-state index in [-0.39, 0.29) is 5.91 Å². The molecule has 10 nitrogen and oxygen atoms in total. The normalized spacial score (nSPS) is 10.6. The van der Waals surface area contributed by atoms with Gasteiger partial charge in [0.1, 0.15) is 12.1 Å². The number of aromatic amines is 1. The van der Waals surface area contributed by atoms with Crippen LogP contribution in [0, 0.1) is 0 Å². The van der Waals surface area contributed by atoms with Crippen molar-refractivity contribution in [1.29, 1.82) is 0 Å². The van der Waals surface area contributed by atoms with E-state index in [2.05, 4.69) is 49.5 Å². The molecule has 0 saturated carbocycles. The molecule has 0 aliphatic heterocycles. The first kappa shape index (κ1) is 23.5. The van der Waals surface area contributed by atoms with Gasteiger partial charge < -0.3 is 20.3 Å². The number of rotatable bonds is 9. The molecule has 0 fully saturated rings. The Labute approximate surface area is 213 Å². The molecule has 5 aromatic rings. The first-order valence-electron chi connectivity index (χ1n) is 11.4. The van der Waals surface area contributed by atoms with Crippen molar-refractivity contribution < 1.29 is 9.53 Å². The van der Waals surface area contributed by atoms with E-state index in [4.69, 9.17) is 9.72 Å². The lowest BCUT2D eigenvalue weighted by Crippen LogP contribution is -2.19. The Morgan fingerprint density at radius 2 is 1.97 bits per heavy atom. The molecule has 0 spiro atoms. The molecule has 3 aromatic carbocycles. The van der Waals surface area contributed by atoms with Crippen LogP contribution < -0.4 is 20.3 Å². The third kappa shape index (κ3) is 5.38. The lowest BCUT2D eigenvalue weighted by Gasteiger charge is -2.23. The van der Waals surface area contributed by atoms with Gasteiger partial charge in [-0.1, -0.05) is 36.9 Å². The number of anilines is 5. The van der Waals surface area contributed by atoms with Crippen molar-refractivity contribution in [2.45, 2.75) is 6.54 Å². The third-order valence-electron chi connectivity index (χ3n) is 5.62. The second-order valence-electron chi connectivity index (χ2n) is 8.06. The van der Waals surface area contributed by atoms with Gasteiger partial charge in [0.2, 0.25) is 17.8 Å². The van der Waals surface area contributed by atoms with E-state index < -0.39 is 0 Å². The number of ether oxygens (including phenoxy) is 1. The van der Waals surface area contributed by atoms with Crippen molar-refractivity contribution >= 4 is 45.8 Å². The number of methoxy groups -OCH3 is 1. The molecule has 2 heterocycles. The number of hydrogen-bond acceptors (Lipinski definition) is 8. The second kappa shape index (κ2) is 10.6. The van der Waals surface area contributed by atoms with Crippen molar-refractivity contribution in [1.82, 2.24) is 25.1 Å². The fraction of sp³-hybridized carbons (Fsp3) is 0.0741. The lowest BCUT2D eigenvalue weighted by molar-refractivity contribution is -0.111. The van der Waals surface area contributed by atoms with Crippen molar-refractivity contribution in [2.24, 2.45) is 0 Å². The molecule has 0 aliphatic rings. The minimum absolute atomic E-state index is 0.343. The molecule has 2 aromatic heterocycles. The van der Waals surface area contributed by atoms with Crippen molar-refractivity contribution in [3.05, 3.63) is 97.5 Å². The maximum absolute atomic E-state index is 11.8. The third-order valence-corrected chi connectivity index (χ3v) is 5.62. The van der Waals surface area contributed by atoms with Gasteiger partial charge in [-0.3, -0.25) is 9.89 Å². The second-order valence-corrected chi connectivity index (χ2v) is 8.06. The molecule has 0 aliphatic carbocycles. The molecule has 5 rings (SSSR count). The highest BCUT2D eigenvalue weighted by molar-refractivity contribution is 6.00. The zero-order valence-electron chi connectivity index (χ0n) is 20.0. The van der Waals surface area contributed by atoms with Crippen LogP contribution in [0.4, 0.5) is 29.0 Å². The molecule has 0 radical (unpaired) electrons. The molecule has 0 bridgehead atoms. The van der Waals surface area contributed by atoms with Gasteiger partial charge in [-0.15, -0.1) is 0 Å². The van der Waals surface area contributed by atoms with Crippen molar-refractivity contribution in [2.75, 3.05) is 22.6 Å². The summed E-state index contributed by atoms with van der Waals surface area (Å²) in [4.78, 5) is 27.3. The summed E-state index contributed by atoms with van der Waals surface area (Å²) < 4.78 is 5.35. The molecule has 0 atom stereocenters. The van der Waals surface area contributed by atoms with E-state index in [0.29, 0.717) is 35.6 Å². The number of hydrogen-bond donors (Lipinski definition) is 3. The first-order valence-corrected chi connectivity index (χ1v) is 11.4. The number of nitrogens with zero attached hydrogens (tertiary/aromatic N) is 5. The summed E-state index contributed by atoms with van der Waals surface area (Å²) >= 11 is 0. The number of H-pyrrole nitrogens is 1. The van der Waals surface area contributed by atoms with Crippen LogP contribution in [0.3, 0.4) is 0 Å². The Morgan fingerprint density at radius 3 is 2.78 bits per heavy atom. The molecule has 10 heteroatoms. The molecule has 0 saturated heterocycles. The number of carbonyl (C=O) groups excluding carboxylic acids is 1. The Bertz CT molecular complexity index is 1550. The fourth-order valence-corrected chi connectivity index (χ4v) is 3.82. The lowest BCUT2D eigenvalue weighted by atomic mass is 10.2. The molecule has 0 unspecified atom stereocenters. The van der Waals surface area contributed by atoms with Gasteiger partial charge in [0, 0.05) is 16.8 Å². The number of aromatic nitrogens is 5. The van der Waals surface area contributed by atoms with Crippen molar-refractivity contribution in [3.8, 4) is 5.75 Å². The number of carbonyl (C=O) groups is 1. The quantitative estimate of drug-likeness (QED) is 0.247. The predicted octanol–water partition coefficient (Wildman–Crippen LogP) is 4.96. The maximum Gasteiger partial charge on any atom is 0.247 e. The smallest absolute Gasteiger partial charge is 0.247 e. The molecule has 3 N–H and O–H groups in total. The van der Waals surface area contributed by atoms with Crippen LogP contribution in [-0.4, -0.2) is 38.2 Å². The van der Waals surface area contributed by atoms with Gasteiger partial charge in [0.05, 0.1) is 31.1 Å². The van der Waals surface area contributed by atoms with Gasteiger partial charge in [-0.05, 0) is 48.0 Å². The highest BCUT2D eigenvalue weighted by atomic mass is 16.5. The minimum atomic E-state index is -0.343. The average Bonchev–Trinajstić information content (AvgIpc) is 3.41. The van der Waals surface area contributed by atoms with Gasteiger partial charge in [-0.2, -0.15) is 10.1 Å². The largest absolute Gasteiger partial charge is 0.495 e. The Morgan fingerprint density at radius 1 is 1.11 bits per heavy atom. The van der Waals surface area contributed by atoms with Gasteiger partial charge >= 0.3 is 0 Å². The number of fused-ring (bicyclic) bond motifs is 1. The standard InChI is InChI=1S/C27H24N8O2/c1-3-25(36)32-23-14-20(9-12-24(23)37-2)31-26-28-17-29-27(33-26)35(16-18-7-5-4-6-8-18)21-10-11-22-19(13-21)15-30-34-22/h3-15,17H,1,16H2,2H3,(H,30,34)(H,32,36)(H,28,29,31,33). The maximum atomic E-state index is 11.8. The zero-order valence-corrected chi connectivity index (χ0v) is 20.0. The van der Waals surface area contributed by atoms with Gasteiger partial charge in [0.15, 0.2) is 0 Å². The highest BCUT2D eigenvalue weighted by Gasteiger charge is 2.16. The van der Waals surface area contributed by atoms with E-state index in [9.17, 15) is 4.79 Å². The number of benzene rings is 3. The zero-order chi connectivity index (χ0) is 25.6. The number of nitrogens with one attached hydrogen (secondary N) is 3. The Balaban J connectivity index is 1.47. The van der Waals surface area contributed by atoms with Crippen LogP contribution in [-0.2, 0) is 11.3 Å². The molecule has 184 valence electrons. The summed E-state index contributed by atoms with van der Waals surface area (Å²) in [5, 5.41) is 14.0. The summed E-state index contributed by atoms with van der Waals surface area (Å²) in [5.41, 5.74) is 4.11. The Hall–Kier alpha value is -5.25. The van der Waals surface area contributed by atoms with E-state index >= 15 is 0 Å². The minimum Gasteiger partial charge on any atom is -0.495 e. The van der Waals surface area contributed by atoms with E-state index in [1.165, 1.54) is 19.5 Å². The fourth-order valence-electron chi connectivity index (χ4n) is 3.82. The Kier molecular flexibility index (Phi) is 6.71.